The SMILES string of the molecule is O=C(O)c1ccc2c(c1)[nH]c(=O)n2CC1CCCOC1. The first-order valence-electron chi connectivity index (χ1n) is 6.69. The molecule has 6 nitrogen and oxygen atoms in total. The molecule has 1 aliphatic rings. The van der Waals surface area contributed by atoms with Crippen molar-refractivity contribution in [3.05, 3.63) is 34.2 Å². The first-order chi connectivity index (χ1) is 9.65. The third-order valence-electron chi connectivity index (χ3n) is 3.72. The Morgan fingerprint density at radius 1 is 1.50 bits per heavy atom. The van der Waals surface area contributed by atoms with Crippen molar-refractivity contribution in [2.24, 2.45) is 5.92 Å². The van der Waals surface area contributed by atoms with Gasteiger partial charge in [0.15, 0.2) is 0 Å². The van der Waals surface area contributed by atoms with Crippen LogP contribution in [0.4, 0.5) is 0 Å². The van der Waals surface area contributed by atoms with Crippen LogP contribution in [0.3, 0.4) is 0 Å². The van der Waals surface area contributed by atoms with E-state index in [0.717, 1.165) is 25.0 Å². The van der Waals surface area contributed by atoms with E-state index in [9.17, 15) is 9.59 Å². The second-order valence-corrected chi connectivity index (χ2v) is 5.16. The van der Waals surface area contributed by atoms with E-state index in [1.807, 2.05) is 0 Å². The van der Waals surface area contributed by atoms with Gasteiger partial charge in [0.25, 0.3) is 0 Å². The molecule has 6 heteroatoms. The summed E-state index contributed by atoms with van der Waals surface area (Å²) >= 11 is 0. The molecular formula is C14H16N2O4. The van der Waals surface area contributed by atoms with Crippen LogP contribution in [0.15, 0.2) is 23.0 Å². The van der Waals surface area contributed by atoms with Gasteiger partial charge in [-0.2, -0.15) is 0 Å². The molecule has 2 N–H and O–H groups in total. The first-order valence-corrected chi connectivity index (χ1v) is 6.69. The average Bonchev–Trinajstić information content (AvgIpc) is 2.75. The Labute approximate surface area is 115 Å². The van der Waals surface area contributed by atoms with Crippen LogP contribution >= 0.6 is 0 Å². The van der Waals surface area contributed by atoms with Crippen LogP contribution in [0.2, 0.25) is 0 Å². The normalized spacial score (nSPS) is 19.3. The minimum Gasteiger partial charge on any atom is -0.478 e. The zero-order valence-electron chi connectivity index (χ0n) is 11.0. The molecule has 2 aromatic rings. The number of rotatable bonds is 3. The van der Waals surface area contributed by atoms with Crippen molar-refractivity contribution < 1.29 is 14.6 Å². The van der Waals surface area contributed by atoms with Crippen LogP contribution in [0.25, 0.3) is 11.0 Å². The number of H-pyrrole nitrogens is 1. The standard InChI is InChI=1S/C14H16N2O4/c17-13(18)10-3-4-12-11(6-10)15-14(19)16(12)7-9-2-1-5-20-8-9/h3-4,6,9H,1-2,5,7-8H2,(H,15,19)(H,17,18). The largest absolute Gasteiger partial charge is 0.478 e. The summed E-state index contributed by atoms with van der Waals surface area (Å²) in [6.45, 7) is 2.07. The van der Waals surface area contributed by atoms with E-state index in [1.165, 1.54) is 12.1 Å². The molecular weight excluding hydrogens is 260 g/mol. The Balaban J connectivity index is 1.96. The van der Waals surface area contributed by atoms with Crippen molar-refractivity contribution in [3.63, 3.8) is 0 Å². The second kappa shape index (κ2) is 5.13. The van der Waals surface area contributed by atoms with Gasteiger partial charge >= 0.3 is 11.7 Å². The summed E-state index contributed by atoms with van der Waals surface area (Å²) in [5.74, 6) is -0.666. The first kappa shape index (κ1) is 12.9. The van der Waals surface area contributed by atoms with Gasteiger partial charge in [-0.3, -0.25) is 4.57 Å². The highest BCUT2D eigenvalue weighted by molar-refractivity contribution is 5.92. The van der Waals surface area contributed by atoms with E-state index in [4.69, 9.17) is 9.84 Å². The summed E-state index contributed by atoms with van der Waals surface area (Å²) in [5, 5.41) is 8.97. The van der Waals surface area contributed by atoms with Crippen molar-refractivity contribution in [2.75, 3.05) is 13.2 Å². The van der Waals surface area contributed by atoms with Crippen LogP contribution in [0.5, 0.6) is 0 Å². The van der Waals surface area contributed by atoms with Gasteiger partial charge in [-0.15, -0.1) is 0 Å². The summed E-state index contributed by atoms with van der Waals surface area (Å²) in [4.78, 5) is 25.7. The molecule has 0 spiro atoms. The van der Waals surface area contributed by atoms with E-state index in [-0.39, 0.29) is 11.3 Å². The Morgan fingerprint density at radius 3 is 3.05 bits per heavy atom. The molecule has 0 aliphatic carbocycles. The van der Waals surface area contributed by atoms with Gasteiger partial charge in [-0.05, 0) is 31.0 Å². The minimum absolute atomic E-state index is 0.173. The number of fused-ring (bicyclic) bond motifs is 1. The van der Waals surface area contributed by atoms with Gasteiger partial charge < -0.3 is 14.8 Å². The summed E-state index contributed by atoms with van der Waals surface area (Å²) in [6.07, 6.45) is 2.07. The third kappa shape index (κ3) is 2.34. The van der Waals surface area contributed by atoms with Crippen LogP contribution in [-0.2, 0) is 11.3 Å². The van der Waals surface area contributed by atoms with Gasteiger partial charge in [0.2, 0.25) is 0 Å². The van der Waals surface area contributed by atoms with E-state index in [0.29, 0.717) is 24.6 Å². The summed E-state index contributed by atoms with van der Waals surface area (Å²) in [6, 6.07) is 4.69. The number of carboxylic acid groups (broad SMARTS) is 1. The van der Waals surface area contributed by atoms with Crippen LogP contribution < -0.4 is 5.69 Å². The van der Waals surface area contributed by atoms with Crippen molar-refractivity contribution in [3.8, 4) is 0 Å². The molecule has 1 unspecified atom stereocenters. The Hall–Kier alpha value is -2.08. The molecule has 20 heavy (non-hydrogen) atoms. The molecule has 1 aromatic heterocycles. The number of carboxylic acids is 1. The van der Waals surface area contributed by atoms with Crippen molar-refractivity contribution in [1.82, 2.24) is 9.55 Å². The number of ether oxygens (including phenoxy) is 1. The minimum atomic E-state index is -0.999. The number of hydrogen-bond acceptors (Lipinski definition) is 3. The van der Waals surface area contributed by atoms with E-state index >= 15 is 0 Å². The highest BCUT2D eigenvalue weighted by Crippen LogP contribution is 2.18. The van der Waals surface area contributed by atoms with E-state index < -0.39 is 5.97 Å². The number of aromatic carboxylic acids is 1. The Bertz CT molecular complexity index is 695. The maximum Gasteiger partial charge on any atom is 0.335 e. The molecule has 1 aromatic carbocycles. The number of aromatic nitrogens is 2. The van der Waals surface area contributed by atoms with Crippen molar-refractivity contribution in [2.45, 2.75) is 19.4 Å². The smallest absolute Gasteiger partial charge is 0.335 e. The molecule has 1 atom stereocenters. The molecule has 0 saturated carbocycles. The fraction of sp³-hybridized carbons (Fsp3) is 0.429. The number of nitrogens with zero attached hydrogens (tertiary/aromatic N) is 1. The number of nitrogens with one attached hydrogen (secondary N) is 1. The quantitative estimate of drug-likeness (QED) is 0.888. The molecule has 3 rings (SSSR count). The third-order valence-corrected chi connectivity index (χ3v) is 3.72. The number of carbonyl (C=O) groups is 1. The van der Waals surface area contributed by atoms with Crippen LogP contribution in [0.1, 0.15) is 23.2 Å². The topological polar surface area (TPSA) is 84.3 Å². The maximum absolute atomic E-state index is 12.0. The summed E-state index contributed by atoms with van der Waals surface area (Å²) < 4.78 is 7.10. The number of aromatic amines is 1. The fourth-order valence-electron chi connectivity index (χ4n) is 2.69. The Kier molecular flexibility index (Phi) is 3.31. The molecule has 0 radical (unpaired) electrons. The Morgan fingerprint density at radius 2 is 2.35 bits per heavy atom. The van der Waals surface area contributed by atoms with Crippen LogP contribution in [-0.4, -0.2) is 33.8 Å². The van der Waals surface area contributed by atoms with Gasteiger partial charge in [-0.1, -0.05) is 0 Å². The van der Waals surface area contributed by atoms with Crippen molar-refractivity contribution in [1.29, 1.82) is 0 Å². The molecule has 2 heterocycles. The molecule has 0 bridgehead atoms. The lowest BCUT2D eigenvalue weighted by Gasteiger charge is -2.22. The lowest BCUT2D eigenvalue weighted by Crippen LogP contribution is -2.27. The van der Waals surface area contributed by atoms with Gasteiger partial charge in [-0.25, -0.2) is 9.59 Å². The molecule has 0 amide bonds. The second-order valence-electron chi connectivity index (χ2n) is 5.16. The zero-order valence-corrected chi connectivity index (χ0v) is 11.0. The maximum atomic E-state index is 12.0. The number of hydrogen-bond donors (Lipinski definition) is 2. The average molecular weight is 276 g/mol. The monoisotopic (exact) mass is 276 g/mol. The zero-order chi connectivity index (χ0) is 14.1. The van der Waals surface area contributed by atoms with Gasteiger partial charge in [0.1, 0.15) is 0 Å². The molecule has 1 saturated heterocycles. The predicted molar refractivity (Wildman–Crippen MR) is 73.1 cm³/mol. The fourth-order valence-corrected chi connectivity index (χ4v) is 2.69. The molecule has 106 valence electrons. The van der Waals surface area contributed by atoms with E-state index in [1.54, 1.807) is 10.6 Å². The predicted octanol–water partition coefficient (Wildman–Crippen LogP) is 1.45. The van der Waals surface area contributed by atoms with E-state index in [2.05, 4.69) is 4.98 Å². The lowest BCUT2D eigenvalue weighted by molar-refractivity contribution is 0.0484. The lowest BCUT2D eigenvalue weighted by atomic mass is 10.0. The molecule has 1 fully saturated rings. The van der Waals surface area contributed by atoms with Crippen LogP contribution in [0, 0.1) is 5.92 Å². The highest BCUT2D eigenvalue weighted by atomic mass is 16.5. The van der Waals surface area contributed by atoms with Gasteiger partial charge in [0.05, 0.1) is 23.2 Å². The van der Waals surface area contributed by atoms with Gasteiger partial charge in [0, 0.05) is 19.1 Å². The highest BCUT2D eigenvalue weighted by Gasteiger charge is 2.17. The molecule has 1 aliphatic heterocycles. The number of imidazole rings is 1. The summed E-state index contributed by atoms with van der Waals surface area (Å²) in [7, 11) is 0. The van der Waals surface area contributed by atoms with Crippen molar-refractivity contribution >= 4 is 17.0 Å². The summed E-state index contributed by atoms with van der Waals surface area (Å²) in [5.41, 5.74) is 1.28. The number of benzene rings is 1.